The summed E-state index contributed by atoms with van der Waals surface area (Å²) in [6.45, 7) is 0.304. The summed E-state index contributed by atoms with van der Waals surface area (Å²) >= 11 is 0. The molecule has 2 atom stereocenters. The van der Waals surface area contributed by atoms with E-state index in [-0.39, 0.29) is 43.3 Å². The normalized spacial score (nSPS) is 24.3. The Bertz CT molecular complexity index is 892. The maximum absolute atomic E-state index is 13.7. The SMILES string of the molecule is CN(C)S(=O)(=O)N1[C@@H]2CC[C@H]1CC(=O)NCCOc1ccc(F)cc1C(=O)NC2. The number of carbonyl (C=O) groups is 2. The lowest BCUT2D eigenvalue weighted by atomic mass is 10.1. The monoisotopic (exact) mass is 428 g/mol. The van der Waals surface area contributed by atoms with Crippen LogP contribution in [0.4, 0.5) is 4.39 Å². The molecule has 9 nitrogen and oxygen atoms in total. The predicted octanol–water partition coefficient (Wildman–Crippen LogP) is 0.0936. The summed E-state index contributed by atoms with van der Waals surface area (Å²) in [5.41, 5.74) is 0.0185. The number of nitrogens with one attached hydrogen (secondary N) is 2. The van der Waals surface area contributed by atoms with Crippen molar-refractivity contribution in [3.63, 3.8) is 0 Å². The van der Waals surface area contributed by atoms with Gasteiger partial charge in [0.05, 0.1) is 12.1 Å². The minimum atomic E-state index is -3.80. The lowest BCUT2D eigenvalue weighted by molar-refractivity contribution is -0.121. The van der Waals surface area contributed by atoms with Crippen LogP contribution in [0.3, 0.4) is 0 Å². The van der Waals surface area contributed by atoms with Gasteiger partial charge in [0.1, 0.15) is 18.2 Å². The van der Waals surface area contributed by atoms with Crippen molar-refractivity contribution in [3.8, 4) is 5.75 Å². The third-order valence-corrected chi connectivity index (χ3v) is 7.12. The Hall–Kier alpha value is -2.24. The Balaban J connectivity index is 1.92. The van der Waals surface area contributed by atoms with E-state index >= 15 is 0 Å². The fourth-order valence-corrected chi connectivity index (χ4v) is 5.13. The van der Waals surface area contributed by atoms with E-state index in [4.69, 9.17) is 4.74 Å². The van der Waals surface area contributed by atoms with E-state index < -0.39 is 34.0 Å². The van der Waals surface area contributed by atoms with Gasteiger partial charge in [-0.2, -0.15) is 17.0 Å². The zero-order valence-electron chi connectivity index (χ0n) is 16.4. The quantitative estimate of drug-likeness (QED) is 0.694. The molecule has 29 heavy (non-hydrogen) atoms. The maximum Gasteiger partial charge on any atom is 0.282 e. The molecule has 0 aromatic heterocycles. The zero-order chi connectivity index (χ0) is 21.2. The molecule has 160 valence electrons. The van der Waals surface area contributed by atoms with Crippen molar-refractivity contribution in [2.45, 2.75) is 31.3 Å². The van der Waals surface area contributed by atoms with Crippen LogP contribution < -0.4 is 15.4 Å². The standard InChI is InChI=1S/C18H25FN4O5S/c1-22(2)29(26,27)23-13-4-5-14(23)11-21-18(25)15-9-12(19)3-6-16(15)28-8-7-20-17(24)10-13/h3,6,9,13-14H,4-5,7-8,10-11H2,1-2H3,(H,20,24)(H,21,25)/t13-,14+/m0/s1. The summed E-state index contributed by atoms with van der Waals surface area (Å²) in [5.74, 6) is -1.23. The first kappa shape index (κ1) is 21.5. The van der Waals surface area contributed by atoms with Gasteiger partial charge in [-0.05, 0) is 31.0 Å². The van der Waals surface area contributed by atoms with Gasteiger partial charge in [-0.15, -0.1) is 0 Å². The number of ether oxygens (including phenoxy) is 1. The van der Waals surface area contributed by atoms with Crippen LogP contribution in [0.25, 0.3) is 0 Å². The highest BCUT2D eigenvalue weighted by atomic mass is 32.2. The van der Waals surface area contributed by atoms with Crippen molar-refractivity contribution in [1.29, 1.82) is 0 Å². The van der Waals surface area contributed by atoms with Gasteiger partial charge >= 0.3 is 0 Å². The van der Waals surface area contributed by atoms with Crippen molar-refractivity contribution in [2.75, 3.05) is 33.8 Å². The van der Waals surface area contributed by atoms with Crippen LogP contribution in [0, 0.1) is 5.82 Å². The van der Waals surface area contributed by atoms with Crippen LogP contribution >= 0.6 is 0 Å². The highest BCUT2D eigenvalue weighted by Gasteiger charge is 2.43. The summed E-state index contributed by atoms with van der Waals surface area (Å²) in [6, 6.07) is 2.59. The zero-order valence-corrected chi connectivity index (χ0v) is 17.2. The third-order valence-electron chi connectivity index (χ3n) is 5.07. The fraction of sp³-hybridized carbons (Fsp3) is 0.556. The van der Waals surface area contributed by atoms with Gasteiger partial charge in [0.25, 0.3) is 16.1 Å². The van der Waals surface area contributed by atoms with E-state index in [0.29, 0.717) is 12.8 Å². The van der Waals surface area contributed by atoms with Crippen LogP contribution in [0.2, 0.25) is 0 Å². The van der Waals surface area contributed by atoms with Gasteiger partial charge in [-0.1, -0.05) is 0 Å². The molecule has 1 aromatic carbocycles. The second-order valence-corrected chi connectivity index (χ2v) is 9.31. The molecule has 1 saturated heterocycles. The van der Waals surface area contributed by atoms with E-state index in [1.54, 1.807) is 0 Å². The smallest absolute Gasteiger partial charge is 0.282 e. The molecule has 2 aliphatic heterocycles. The molecule has 2 bridgehead atoms. The summed E-state index contributed by atoms with van der Waals surface area (Å²) in [5, 5.41) is 5.39. The summed E-state index contributed by atoms with van der Waals surface area (Å²) < 4.78 is 47.3. The molecule has 0 aliphatic carbocycles. The Labute approximate surface area is 169 Å². The van der Waals surface area contributed by atoms with E-state index in [9.17, 15) is 22.4 Å². The van der Waals surface area contributed by atoms with E-state index in [1.807, 2.05) is 0 Å². The topological polar surface area (TPSA) is 108 Å². The largest absolute Gasteiger partial charge is 0.491 e. The number of hydrogen-bond donors (Lipinski definition) is 2. The molecule has 2 aliphatic rings. The van der Waals surface area contributed by atoms with Gasteiger partial charge in [0.15, 0.2) is 0 Å². The first-order chi connectivity index (χ1) is 13.7. The highest BCUT2D eigenvalue weighted by Crippen LogP contribution is 2.30. The molecular formula is C18H25FN4O5S. The van der Waals surface area contributed by atoms with Gasteiger partial charge in [-0.25, -0.2) is 4.39 Å². The molecule has 1 fully saturated rings. The second kappa shape index (κ2) is 8.64. The first-order valence-corrected chi connectivity index (χ1v) is 10.8. The number of halogens is 1. The molecule has 11 heteroatoms. The molecule has 2 amide bonds. The van der Waals surface area contributed by atoms with Crippen molar-refractivity contribution in [2.24, 2.45) is 0 Å². The van der Waals surface area contributed by atoms with Crippen LogP contribution in [0.1, 0.15) is 29.6 Å². The van der Waals surface area contributed by atoms with Crippen LogP contribution in [0.5, 0.6) is 5.75 Å². The van der Waals surface area contributed by atoms with Crippen molar-refractivity contribution in [1.82, 2.24) is 19.2 Å². The number of nitrogens with zero attached hydrogens (tertiary/aromatic N) is 2. The van der Waals surface area contributed by atoms with Gasteiger partial charge < -0.3 is 15.4 Å². The third kappa shape index (κ3) is 4.68. The van der Waals surface area contributed by atoms with Crippen molar-refractivity contribution < 1.29 is 27.1 Å². The van der Waals surface area contributed by atoms with Gasteiger partial charge in [0.2, 0.25) is 5.91 Å². The minimum Gasteiger partial charge on any atom is -0.491 e. The molecule has 3 rings (SSSR count). The fourth-order valence-electron chi connectivity index (χ4n) is 3.64. The number of amides is 2. The number of benzene rings is 1. The predicted molar refractivity (Wildman–Crippen MR) is 103 cm³/mol. The average Bonchev–Trinajstić information content (AvgIpc) is 3.06. The molecule has 0 spiro atoms. The lowest BCUT2D eigenvalue weighted by Crippen LogP contribution is -2.51. The van der Waals surface area contributed by atoms with Gasteiger partial charge in [-0.3, -0.25) is 9.59 Å². The average molecular weight is 428 g/mol. The Morgan fingerprint density at radius 2 is 1.90 bits per heavy atom. The second-order valence-electron chi connectivity index (χ2n) is 7.26. The summed E-state index contributed by atoms with van der Waals surface area (Å²) in [6.07, 6.45) is 1.03. The Kier molecular flexibility index (Phi) is 6.39. The van der Waals surface area contributed by atoms with E-state index in [2.05, 4.69) is 10.6 Å². The number of hydrogen-bond acceptors (Lipinski definition) is 5. The highest BCUT2D eigenvalue weighted by molar-refractivity contribution is 7.86. The molecule has 2 heterocycles. The molecule has 1 aromatic rings. The Morgan fingerprint density at radius 1 is 1.17 bits per heavy atom. The van der Waals surface area contributed by atoms with Crippen molar-refractivity contribution >= 4 is 22.0 Å². The Morgan fingerprint density at radius 3 is 2.62 bits per heavy atom. The van der Waals surface area contributed by atoms with Crippen LogP contribution in [0.15, 0.2) is 18.2 Å². The molecule has 0 radical (unpaired) electrons. The van der Waals surface area contributed by atoms with E-state index in [1.165, 1.54) is 30.5 Å². The van der Waals surface area contributed by atoms with Crippen LogP contribution in [-0.2, 0) is 15.0 Å². The molecule has 2 N–H and O–H groups in total. The van der Waals surface area contributed by atoms with Crippen molar-refractivity contribution in [3.05, 3.63) is 29.6 Å². The van der Waals surface area contributed by atoms with Crippen LogP contribution in [-0.4, -0.2) is 74.7 Å². The first-order valence-electron chi connectivity index (χ1n) is 9.38. The minimum absolute atomic E-state index is 0.0185. The number of carbonyl (C=O) groups excluding carboxylic acids is 2. The lowest BCUT2D eigenvalue weighted by Gasteiger charge is -2.31. The van der Waals surface area contributed by atoms with E-state index in [0.717, 1.165) is 10.4 Å². The molecular weight excluding hydrogens is 403 g/mol. The molecule has 0 saturated carbocycles. The van der Waals surface area contributed by atoms with Gasteiger partial charge in [0, 0.05) is 39.1 Å². The summed E-state index contributed by atoms with van der Waals surface area (Å²) in [7, 11) is -0.947. The number of rotatable bonds is 2. The summed E-state index contributed by atoms with van der Waals surface area (Å²) in [4.78, 5) is 24.9. The number of fused-ring (bicyclic) bond motifs is 3. The maximum atomic E-state index is 13.7. The molecule has 0 unspecified atom stereocenters.